The van der Waals surface area contributed by atoms with Crippen molar-refractivity contribution in [1.82, 2.24) is 0 Å². The maximum absolute atomic E-state index is 14.8. The first kappa shape index (κ1) is 22.0. The smallest absolute Gasteiger partial charge is 0.384 e. The van der Waals surface area contributed by atoms with Crippen molar-refractivity contribution in [3.63, 3.8) is 0 Å². The summed E-state index contributed by atoms with van der Waals surface area (Å²) in [5, 5.41) is 0. The van der Waals surface area contributed by atoms with Crippen LogP contribution in [0, 0.1) is 7.14 Å². The molecule has 26 heavy (non-hydrogen) atoms. The van der Waals surface area contributed by atoms with Crippen LogP contribution in [0.1, 0.15) is 5.56 Å². The lowest BCUT2D eigenvalue weighted by Crippen LogP contribution is -2.82. The Morgan fingerprint density at radius 1 is 0.577 bits per heavy atom. The number of alkyl halides is 11. The number of hydrogen-bond donors (Lipinski definition) is 1. The van der Waals surface area contributed by atoms with Gasteiger partial charge in [0.15, 0.2) is 0 Å². The molecule has 1 nitrogen and oxygen atoms in total. The standard InChI is InChI=1S/C12H4F11I2N/c13-7(3-1-4(24)6(26)5(25)2-3)8(14,15)10(18,19)12(22,23)11(20,21)9(7,16)17/h1-2H,26H2. The molecule has 2 rings (SSSR count). The fourth-order valence-corrected chi connectivity index (χ4v) is 4.14. The predicted molar refractivity (Wildman–Crippen MR) is 83.8 cm³/mol. The van der Waals surface area contributed by atoms with Crippen LogP contribution < -0.4 is 5.73 Å². The van der Waals surface area contributed by atoms with Crippen molar-refractivity contribution in [2.45, 2.75) is 35.3 Å². The van der Waals surface area contributed by atoms with Crippen molar-refractivity contribution < 1.29 is 48.3 Å². The lowest BCUT2D eigenvalue weighted by molar-refractivity contribution is -0.489. The van der Waals surface area contributed by atoms with Gasteiger partial charge in [-0.3, -0.25) is 0 Å². The average Bonchev–Trinajstić information content (AvgIpc) is 2.49. The molecule has 0 bridgehead atoms. The molecular formula is C12H4F11I2N. The van der Waals surface area contributed by atoms with Gasteiger partial charge in [0, 0.05) is 12.7 Å². The minimum atomic E-state index is -7.23. The van der Waals surface area contributed by atoms with Crippen molar-refractivity contribution in [3.05, 3.63) is 24.8 Å². The maximum Gasteiger partial charge on any atom is 0.384 e. The maximum atomic E-state index is 14.8. The zero-order chi connectivity index (χ0) is 20.7. The van der Waals surface area contributed by atoms with Crippen LogP contribution in [0.25, 0.3) is 0 Å². The quantitative estimate of drug-likeness (QED) is 0.238. The number of rotatable bonds is 1. The predicted octanol–water partition coefficient (Wildman–Crippen LogP) is 5.83. The molecule has 1 aromatic rings. The summed E-state index contributed by atoms with van der Waals surface area (Å²) >= 11 is 2.43. The van der Waals surface area contributed by atoms with Gasteiger partial charge in [-0.05, 0) is 57.3 Å². The van der Waals surface area contributed by atoms with Crippen molar-refractivity contribution >= 4 is 50.9 Å². The van der Waals surface area contributed by atoms with E-state index in [1.165, 1.54) is 45.2 Å². The molecule has 1 aromatic carbocycles. The number of nitrogens with two attached hydrogens (primary N) is 1. The van der Waals surface area contributed by atoms with E-state index >= 15 is 0 Å². The highest BCUT2D eigenvalue weighted by Gasteiger charge is 3.01. The summed E-state index contributed by atoms with van der Waals surface area (Å²) in [4.78, 5) is 0. The van der Waals surface area contributed by atoms with Crippen LogP contribution in [0.15, 0.2) is 12.1 Å². The minimum Gasteiger partial charge on any atom is -0.397 e. The first-order valence-electron chi connectivity index (χ1n) is 6.15. The lowest BCUT2D eigenvalue weighted by Gasteiger charge is -2.52. The normalized spacial score (nSPS) is 27.1. The molecule has 1 aliphatic rings. The number of hydrogen-bond acceptors (Lipinski definition) is 1. The van der Waals surface area contributed by atoms with Crippen LogP contribution in [-0.2, 0) is 5.67 Å². The molecule has 0 unspecified atom stereocenters. The second-order valence-corrected chi connectivity index (χ2v) is 7.71. The number of nitrogen functional groups attached to an aromatic ring is 1. The molecule has 0 amide bonds. The zero-order valence-electron chi connectivity index (χ0n) is 11.6. The second-order valence-electron chi connectivity index (χ2n) is 5.38. The summed E-state index contributed by atoms with van der Waals surface area (Å²) < 4.78 is 150. The molecule has 1 fully saturated rings. The van der Waals surface area contributed by atoms with Crippen LogP contribution in [0.3, 0.4) is 0 Å². The van der Waals surface area contributed by atoms with Gasteiger partial charge in [0.2, 0.25) is 0 Å². The summed E-state index contributed by atoms with van der Waals surface area (Å²) in [5.74, 6) is -35.3. The topological polar surface area (TPSA) is 26.0 Å². The van der Waals surface area contributed by atoms with E-state index in [1.807, 2.05) is 0 Å². The largest absolute Gasteiger partial charge is 0.397 e. The Hall–Kier alpha value is -0.290. The van der Waals surface area contributed by atoms with Crippen LogP contribution in [0.4, 0.5) is 54.0 Å². The van der Waals surface area contributed by atoms with Gasteiger partial charge in [-0.1, -0.05) is 0 Å². The molecule has 2 N–H and O–H groups in total. The highest BCUT2D eigenvalue weighted by Crippen LogP contribution is 2.72. The van der Waals surface area contributed by atoms with Crippen LogP contribution in [-0.4, -0.2) is 29.6 Å². The zero-order valence-corrected chi connectivity index (χ0v) is 16.0. The molecule has 0 aliphatic heterocycles. The van der Waals surface area contributed by atoms with Gasteiger partial charge in [0.25, 0.3) is 5.67 Å². The Bertz CT molecular complexity index is 709. The van der Waals surface area contributed by atoms with E-state index in [2.05, 4.69) is 0 Å². The first-order valence-corrected chi connectivity index (χ1v) is 8.31. The van der Waals surface area contributed by atoms with E-state index in [0.717, 1.165) is 0 Å². The van der Waals surface area contributed by atoms with Gasteiger partial charge in [0.05, 0.1) is 5.69 Å². The molecule has 0 aromatic heterocycles. The third-order valence-electron chi connectivity index (χ3n) is 3.92. The molecule has 14 heteroatoms. The van der Waals surface area contributed by atoms with Crippen molar-refractivity contribution in [1.29, 1.82) is 0 Å². The number of anilines is 1. The summed E-state index contributed by atoms with van der Waals surface area (Å²) in [7, 11) is 0. The lowest BCUT2D eigenvalue weighted by atomic mass is 9.69. The highest BCUT2D eigenvalue weighted by atomic mass is 127. The fourth-order valence-electron chi connectivity index (χ4n) is 2.37. The molecule has 0 radical (unpaired) electrons. The molecule has 0 saturated heterocycles. The van der Waals surface area contributed by atoms with Gasteiger partial charge in [-0.2, -0.15) is 43.9 Å². The second kappa shape index (κ2) is 5.62. The molecule has 0 heterocycles. The fraction of sp³-hybridized carbons (Fsp3) is 0.500. The van der Waals surface area contributed by atoms with E-state index in [0.29, 0.717) is 0 Å². The van der Waals surface area contributed by atoms with E-state index < -0.39 is 48.0 Å². The third-order valence-corrected chi connectivity index (χ3v) is 5.70. The molecule has 0 atom stereocenters. The van der Waals surface area contributed by atoms with E-state index in [-0.39, 0.29) is 17.8 Å². The summed E-state index contributed by atoms with van der Waals surface area (Å²) in [6, 6.07) is 0.186. The Labute approximate surface area is 164 Å². The Balaban J connectivity index is 2.98. The first-order chi connectivity index (χ1) is 11.3. The molecule has 1 aliphatic carbocycles. The number of halogens is 13. The van der Waals surface area contributed by atoms with E-state index in [9.17, 15) is 48.3 Å². The summed E-state index contributed by atoms with van der Waals surface area (Å²) in [6.45, 7) is 0. The summed E-state index contributed by atoms with van der Waals surface area (Å²) in [6.07, 6.45) is 0. The van der Waals surface area contributed by atoms with Gasteiger partial charge in [-0.15, -0.1) is 0 Å². The third kappa shape index (κ3) is 2.13. The van der Waals surface area contributed by atoms with Gasteiger partial charge in [-0.25, -0.2) is 4.39 Å². The molecule has 148 valence electrons. The van der Waals surface area contributed by atoms with Crippen molar-refractivity contribution in [3.8, 4) is 0 Å². The van der Waals surface area contributed by atoms with Crippen LogP contribution in [0.2, 0.25) is 0 Å². The highest BCUT2D eigenvalue weighted by molar-refractivity contribution is 14.1. The van der Waals surface area contributed by atoms with E-state index in [1.54, 1.807) is 0 Å². The molecular weight excluding hydrogens is 621 g/mol. The monoisotopic (exact) mass is 625 g/mol. The van der Waals surface area contributed by atoms with Gasteiger partial charge < -0.3 is 5.73 Å². The van der Waals surface area contributed by atoms with Crippen molar-refractivity contribution in [2.24, 2.45) is 0 Å². The van der Waals surface area contributed by atoms with Crippen molar-refractivity contribution in [2.75, 3.05) is 5.73 Å². The average molecular weight is 625 g/mol. The Morgan fingerprint density at radius 3 is 1.15 bits per heavy atom. The summed E-state index contributed by atoms with van der Waals surface area (Å²) in [5.41, 5.74) is -3.08. The molecule has 0 spiro atoms. The van der Waals surface area contributed by atoms with Crippen LogP contribution in [0.5, 0.6) is 0 Å². The minimum absolute atomic E-state index is 0.0928. The van der Waals surface area contributed by atoms with Gasteiger partial charge >= 0.3 is 29.6 Å². The number of benzene rings is 1. The van der Waals surface area contributed by atoms with E-state index in [4.69, 9.17) is 5.73 Å². The van der Waals surface area contributed by atoms with Gasteiger partial charge in [0.1, 0.15) is 0 Å². The van der Waals surface area contributed by atoms with Crippen LogP contribution >= 0.6 is 45.2 Å². The molecule has 1 saturated carbocycles. The Morgan fingerprint density at radius 2 is 0.846 bits per heavy atom. The Kier molecular flexibility index (Phi) is 4.76. The SMILES string of the molecule is Nc1c(I)cc(C2(F)C(F)(F)C(F)(F)C(F)(F)C(F)(F)C2(F)F)cc1I.